The lowest BCUT2D eigenvalue weighted by Crippen LogP contribution is -2.36. The highest BCUT2D eigenvalue weighted by Crippen LogP contribution is 2.28. The van der Waals surface area contributed by atoms with Crippen LogP contribution in [-0.2, 0) is 10.0 Å². The van der Waals surface area contributed by atoms with Crippen molar-refractivity contribution in [3.63, 3.8) is 0 Å². The monoisotopic (exact) mass is 285 g/mol. The predicted octanol–water partition coefficient (Wildman–Crippen LogP) is 1.23. The molecule has 1 fully saturated rings. The van der Waals surface area contributed by atoms with Crippen LogP contribution in [0.25, 0.3) is 0 Å². The first-order chi connectivity index (χ1) is 9.09. The first-order valence-corrected chi connectivity index (χ1v) is 7.80. The Bertz CT molecular complexity index is 512. The third-order valence-electron chi connectivity index (χ3n) is 3.45. The van der Waals surface area contributed by atoms with Gasteiger partial charge in [0.05, 0.1) is 12.0 Å². The lowest BCUT2D eigenvalue weighted by atomic mass is 10.2. The van der Waals surface area contributed by atoms with Crippen LogP contribution in [0.3, 0.4) is 0 Å². The van der Waals surface area contributed by atoms with Crippen molar-refractivity contribution >= 4 is 10.0 Å². The molecule has 0 radical (unpaired) electrons. The number of nitrogens with zero attached hydrogens (tertiary/aromatic N) is 1. The second-order valence-corrected chi connectivity index (χ2v) is 6.49. The molecule has 6 heteroatoms. The van der Waals surface area contributed by atoms with E-state index in [4.69, 9.17) is 9.84 Å². The molecular weight excluding hydrogens is 266 g/mol. The number of ether oxygens (including phenoxy) is 1. The zero-order chi connectivity index (χ0) is 13.9. The van der Waals surface area contributed by atoms with E-state index in [0.717, 1.165) is 12.8 Å². The minimum absolute atomic E-state index is 0.0132. The van der Waals surface area contributed by atoms with E-state index < -0.39 is 10.0 Å². The van der Waals surface area contributed by atoms with E-state index in [1.807, 2.05) is 0 Å². The highest BCUT2D eigenvalue weighted by atomic mass is 32.2. The number of hydrogen-bond donors (Lipinski definition) is 1. The summed E-state index contributed by atoms with van der Waals surface area (Å²) in [6.45, 7) is 0.540. The number of hydrogen-bond acceptors (Lipinski definition) is 4. The lowest BCUT2D eigenvalue weighted by molar-refractivity contribution is 0.246. The normalized spacial score (nSPS) is 20.6. The van der Waals surface area contributed by atoms with Crippen LogP contribution in [0, 0.1) is 0 Å². The van der Waals surface area contributed by atoms with Gasteiger partial charge in [0.2, 0.25) is 10.0 Å². The van der Waals surface area contributed by atoms with E-state index in [2.05, 4.69) is 0 Å². The van der Waals surface area contributed by atoms with Gasteiger partial charge in [-0.2, -0.15) is 4.31 Å². The highest BCUT2D eigenvalue weighted by Gasteiger charge is 2.34. The fourth-order valence-electron chi connectivity index (χ4n) is 2.45. The van der Waals surface area contributed by atoms with Crippen molar-refractivity contribution in [2.45, 2.75) is 30.2 Å². The van der Waals surface area contributed by atoms with E-state index in [9.17, 15) is 8.42 Å². The van der Waals surface area contributed by atoms with E-state index in [1.54, 1.807) is 31.4 Å². The van der Waals surface area contributed by atoms with Crippen molar-refractivity contribution in [2.24, 2.45) is 0 Å². The van der Waals surface area contributed by atoms with Crippen LogP contribution < -0.4 is 4.74 Å². The molecule has 1 atom stereocenters. The summed E-state index contributed by atoms with van der Waals surface area (Å²) in [5.74, 6) is 0.632. The molecule has 0 spiro atoms. The summed E-state index contributed by atoms with van der Waals surface area (Å²) >= 11 is 0. The van der Waals surface area contributed by atoms with Crippen LogP contribution in [0.2, 0.25) is 0 Å². The fourth-order valence-corrected chi connectivity index (χ4v) is 4.17. The molecule has 106 valence electrons. The molecule has 19 heavy (non-hydrogen) atoms. The molecule has 1 aromatic carbocycles. The Morgan fingerprint density at radius 2 is 2.05 bits per heavy atom. The Balaban J connectivity index is 2.25. The maximum atomic E-state index is 12.5. The molecule has 2 rings (SSSR count). The van der Waals surface area contributed by atoms with Gasteiger partial charge >= 0.3 is 0 Å². The molecule has 1 aliphatic rings. The van der Waals surface area contributed by atoms with Gasteiger partial charge in [-0.05, 0) is 43.5 Å². The topological polar surface area (TPSA) is 66.8 Å². The second-order valence-electron chi connectivity index (χ2n) is 4.60. The molecule has 0 aromatic heterocycles. The van der Waals surface area contributed by atoms with Gasteiger partial charge in [-0.1, -0.05) is 0 Å². The third-order valence-corrected chi connectivity index (χ3v) is 5.42. The van der Waals surface area contributed by atoms with Crippen molar-refractivity contribution in [1.82, 2.24) is 4.31 Å². The fraction of sp³-hybridized carbons (Fsp3) is 0.538. The summed E-state index contributed by atoms with van der Waals surface area (Å²) < 4.78 is 31.6. The Morgan fingerprint density at radius 3 is 2.63 bits per heavy atom. The Morgan fingerprint density at radius 1 is 1.37 bits per heavy atom. The van der Waals surface area contributed by atoms with Crippen LogP contribution in [0.5, 0.6) is 5.75 Å². The van der Waals surface area contributed by atoms with Gasteiger partial charge in [-0.3, -0.25) is 0 Å². The van der Waals surface area contributed by atoms with Crippen molar-refractivity contribution in [1.29, 1.82) is 0 Å². The summed E-state index contributed by atoms with van der Waals surface area (Å²) in [6, 6.07) is 6.32. The molecule has 1 aliphatic heterocycles. The van der Waals surface area contributed by atoms with Crippen molar-refractivity contribution in [3.8, 4) is 5.75 Å². The largest absolute Gasteiger partial charge is 0.497 e. The summed E-state index contributed by atoms with van der Waals surface area (Å²) in [5, 5.41) is 9.01. The van der Waals surface area contributed by atoms with Gasteiger partial charge in [0.25, 0.3) is 0 Å². The van der Waals surface area contributed by atoms with Gasteiger partial charge in [-0.25, -0.2) is 8.42 Å². The maximum Gasteiger partial charge on any atom is 0.243 e. The SMILES string of the molecule is COc1ccc(S(=O)(=O)N2CCCC2CCO)cc1. The standard InChI is InChI=1S/C13H19NO4S/c1-18-12-4-6-13(7-5-12)19(16,17)14-9-2-3-11(14)8-10-15/h4-7,11,15H,2-3,8-10H2,1H3. The third kappa shape index (κ3) is 2.91. The van der Waals surface area contributed by atoms with Crippen molar-refractivity contribution < 1.29 is 18.3 Å². The van der Waals surface area contributed by atoms with Crippen LogP contribution in [-0.4, -0.2) is 44.1 Å². The Labute approximate surface area is 113 Å². The number of aliphatic hydroxyl groups is 1. The molecule has 0 amide bonds. The number of aliphatic hydroxyl groups excluding tert-OH is 1. The highest BCUT2D eigenvalue weighted by molar-refractivity contribution is 7.89. The molecule has 0 bridgehead atoms. The van der Waals surface area contributed by atoms with Gasteiger partial charge in [0.15, 0.2) is 0 Å². The van der Waals surface area contributed by atoms with Gasteiger partial charge in [-0.15, -0.1) is 0 Å². The molecule has 1 N–H and O–H groups in total. The zero-order valence-corrected chi connectivity index (χ0v) is 11.8. The van der Waals surface area contributed by atoms with E-state index in [-0.39, 0.29) is 17.5 Å². The first-order valence-electron chi connectivity index (χ1n) is 6.36. The lowest BCUT2D eigenvalue weighted by Gasteiger charge is -2.23. The summed E-state index contributed by atoms with van der Waals surface area (Å²) in [5.41, 5.74) is 0. The molecule has 5 nitrogen and oxygen atoms in total. The Kier molecular flexibility index (Phi) is 4.44. The molecule has 1 aromatic rings. The van der Waals surface area contributed by atoms with Crippen LogP contribution in [0.1, 0.15) is 19.3 Å². The average molecular weight is 285 g/mol. The molecule has 1 saturated heterocycles. The van der Waals surface area contributed by atoms with Gasteiger partial charge in [0, 0.05) is 19.2 Å². The molecule has 1 unspecified atom stereocenters. The molecule has 1 heterocycles. The number of sulfonamides is 1. The minimum Gasteiger partial charge on any atom is -0.497 e. The molecule has 0 saturated carbocycles. The van der Waals surface area contributed by atoms with Crippen molar-refractivity contribution in [3.05, 3.63) is 24.3 Å². The average Bonchev–Trinajstić information content (AvgIpc) is 2.88. The zero-order valence-electron chi connectivity index (χ0n) is 10.9. The van der Waals surface area contributed by atoms with Crippen LogP contribution in [0.15, 0.2) is 29.2 Å². The smallest absolute Gasteiger partial charge is 0.243 e. The van der Waals surface area contributed by atoms with Gasteiger partial charge < -0.3 is 9.84 Å². The minimum atomic E-state index is -3.47. The number of benzene rings is 1. The van der Waals surface area contributed by atoms with Crippen LogP contribution in [0.4, 0.5) is 0 Å². The number of rotatable bonds is 5. The quantitative estimate of drug-likeness (QED) is 0.883. The van der Waals surface area contributed by atoms with E-state index in [1.165, 1.54) is 4.31 Å². The summed E-state index contributed by atoms with van der Waals surface area (Å²) in [6.07, 6.45) is 2.16. The number of methoxy groups -OCH3 is 1. The van der Waals surface area contributed by atoms with E-state index >= 15 is 0 Å². The molecule has 0 aliphatic carbocycles. The van der Waals surface area contributed by atoms with Crippen LogP contribution >= 0.6 is 0 Å². The Hall–Kier alpha value is -1.11. The summed E-state index contributed by atoms with van der Waals surface area (Å²) in [7, 11) is -1.93. The predicted molar refractivity (Wildman–Crippen MR) is 71.6 cm³/mol. The van der Waals surface area contributed by atoms with E-state index in [0.29, 0.717) is 18.7 Å². The van der Waals surface area contributed by atoms with Crippen molar-refractivity contribution in [2.75, 3.05) is 20.3 Å². The first kappa shape index (κ1) is 14.3. The summed E-state index contributed by atoms with van der Waals surface area (Å²) in [4.78, 5) is 0.276. The maximum absolute atomic E-state index is 12.5. The molecular formula is C13H19NO4S. The second kappa shape index (κ2) is 5.90. The van der Waals surface area contributed by atoms with Gasteiger partial charge in [0.1, 0.15) is 5.75 Å².